The van der Waals surface area contributed by atoms with Crippen molar-refractivity contribution in [2.24, 2.45) is 0 Å². The number of likely N-dealkylation sites (tertiary alicyclic amines) is 2. The highest BCUT2D eigenvalue weighted by Crippen LogP contribution is 2.36. The van der Waals surface area contributed by atoms with E-state index in [0.29, 0.717) is 51.0 Å². The smallest absolute Gasteiger partial charge is 0.315 e. The van der Waals surface area contributed by atoms with Gasteiger partial charge in [-0.3, -0.25) is 9.59 Å². The fourth-order valence-electron chi connectivity index (χ4n) is 8.71. The van der Waals surface area contributed by atoms with Crippen LogP contribution < -0.4 is 21.3 Å². The molecule has 0 bridgehead atoms. The first-order valence-corrected chi connectivity index (χ1v) is 22.4. The van der Waals surface area contributed by atoms with Crippen LogP contribution in [0.25, 0.3) is 22.5 Å². The van der Waals surface area contributed by atoms with Crippen LogP contribution in [-0.2, 0) is 27.5 Å². The molecule has 6 aromatic rings. The van der Waals surface area contributed by atoms with E-state index in [-0.39, 0.29) is 36.0 Å². The van der Waals surface area contributed by atoms with Gasteiger partial charge in [0.25, 0.3) is 0 Å². The van der Waals surface area contributed by atoms with Crippen LogP contribution in [0.1, 0.15) is 97.6 Å². The maximum atomic E-state index is 14.0. The third kappa shape index (κ3) is 10.6. The third-order valence-electron chi connectivity index (χ3n) is 11.9. The van der Waals surface area contributed by atoms with Gasteiger partial charge in [0.1, 0.15) is 23.7 Å². The van der Waals surface area contributed by atoms with Gasteiger partial charge < -0.3 is 45.8 Å². The summed E-state index contributed by atoms with van der Waals surface area (Å²) >= 11 is 0. The molecule has 0 spiro atoms. The Labute approximate surface area is 378 Å². The highest BCUT2D eigenvalue weighted by molar-refractivity contribution is 5.89. The number of benzene rings is 4. The topological polar surface area (TPSA) is 189 Å². The molecule has 15 heteroatoms. The number of ether oxygens (including phenoxy) is 1. The standard InChI is InChI=1S/C50H56N10O5/c1-3-51-49(63)57-43(36-15-7-5-8-16-36)47(61)59-26-12-20-41(59)45-53-29-39(55-45)35-24-22-33(23-25-35)31-65-32-34-14-11-19-38(28-34)40-30-54-46(56-40)42-21-13-27-60(42)48(62)44(58-50(64)52-4-2)37-17-9-6-10-18-37/h5-11,14-19,22-25,28-30,41-44H,3-4,12-13,20-21,26-27,31-32H2,1-2H3,(H,53,55)(H,54,56)(H2,51,57,63)(H2,52,58,64)/t41-,42-,43+,44+/m0/s1. The molecule has 6 amide bonds. The summed E-state index contributed by atoms with van der Waals surface area (Å²) in [5.41, 5.74) is 7.09. The van der Waals surface area contributed by atoms with Crippen LogP contribution >= 0.6 is 0 Å². The molecule has 0 radical (unpaired) electrons. The highest BCUT2D eigenvalue weighted by Gasteiger charge is 2.38. The molecule has 15 nitrogen and oxygen atoms in total. The molecule has 0 unspecified atom stereocenters. The van der Waals surface area contributed by atoms with E-state index in [1.54, 1.807) is 12.4 Å². The normalized spacial score (nSPS) is 16.8. The maximum absolute atomic E-state index is 14.0. The zero-order valence-electron chi connectivity index (χ0n) is 36.8. The van der Waals surface area contributed by atoms with Crippen molar-refractivity contribution in [3.63, 3.8) is 0 Å². The molecule has 2 saturated heterocycles. The Kier molecular flexibility index (Phi) is 14.3. The summed E-state index contributed by atoms with van der Waals surface area (Å²) in [5, 5.41) is 11.2. The van der Waals surface area contributed by atoms with Crippen molar-refractivity contribution in [1.82, 2.24) is 51.0 Å². The average molecular weight is 877 g/mol. The molecule has 2 aliphatic heterocycles. The van der Waals surface area contributed by atoms with Gasteiger partial charge in [-0.25, -0.2) is 19.6 Å². The van der Waals surface area contributed by atoms with Crippen LogP contribution in [-0.4, -0.2) is 79.8 Å². The first-order valence-electron chi connectivity index (χ1n) is 22.4. The number of aromatic nitrogens is 4. The molecule has 6 N–H and O–H groups in total. The van der Waals surface area contributed by atoms with Gasteiger partial charge in [0.15, 0.2) is 0 Å². The zero-order chi connectivity index (χ0) is 45.1. The molecular weight excluding hydrogens is 821 g/mol. The first kappa shape index (κ1) is 44.4. The quantitative estimate of drug-likeness (QED) is 0.0576. The summed E-state index contributed by atoms with van der Waals surface area (Å²) in [6, 6.07) is 32.0. The van der Waals surface area contributed by atoms with Crippen molar-refractivity contribution in [3.05, 3.63) is 155 Å². The number of H-pyrrole nitrogens is 2. The minimum atomic E-state index is -0.823. The lowest BCUT2D eigenvalue weighted by atomic mass is 10.0. The Bertz CT molecular complexity index is 2540. The zero-order valence-corrected chi connectivity index (χ0v) is 36.8. The van der Waals surface area contributed by atoms with E-state index in [1.807, 2.05) is 127 Å². The van der Waals surface area contributed by atoms with Crippen LogP contribution in [0.5, 0.6) is 0 Å². The minimum absolute atomic E-state index is 0.169. The number of aromatic amines is 2. The molecule has 0 saturated carbocycles. The molecule has 2 fully saturated rings. The van der Waals surface area contributed by atoms with Gasteiger partial charge in [-0.05, 0) is 79.0 Å². The minimum Gasteiger partial charge on any atom is -0.372 e. The Morgan fingerprint density at radius 2 is 1.11 bits per heavy atom. The molecule has 2 aliphatic rings. The van der Waals surface area contributed by atoms with E-state index in [4.69, 9.17) is 14.7 Å². The summed E-state index contributed by atoms with van der Waals surface area (Å²) in [4.78, 5) is 73.2. The van der Waals surface area contributed by atoms with Crippen molar-refractivity contribution in [1.29, 1.82) is 0 Å². The molecule has 336 valence electrons. The van der Waals surface area contributed by atoms with E-state index in [1.165, 1.54) is 0 Å². The van der Waals surface area contributed by atoms with Gasteiger partial charge in [0.2, 0.25) is 11.8 Å². The number of hydrogen-bond donors (Lipinski definition) is 6. The molecule has 8 rings (SSSR count). The Balaban J connectivity index is 0.865. The van der Waals surface area contributed by atoms with E-state index >= 15 is 0 Å². The van der Waals surface area contributed by atoms with E-state index in [9.17, 15) is 19.2 Å². The van der Waals surface area contributed by atoms with Gasteiger partial charge in [0, 0.05) is 26.2 Å². The molecule has 2 aromatic heterocycles. The number of nitrogens with one attached hydrogen (secondary N) is 6. The Morgan fingerprint density at radius 3 is 1.62 bits per heavy atom. The number of carbonyl (C=O) groups excluding carboxylic acids is 4. The number of amides is 6. The molecular formula is C50H56N10O5. The van der Waals surface area contributed by atoms with Crippen LogP contribution in [0.4, 0.5) is 9.59 Å². The SMILES string of the molecule is CCNC(=O)N[C@@H](C(=O)N1CCC[C@H]1c1ncc(-c2ccc(COCc3cccc(-c4cnc([C@@H]5CCCN5C(=O)[C@H](NC(=O)NCC)c5ccccc5)[nH]4)c3)cc2)[nH]1)c1ccccc1. The fraction of sp³-hybridized carbons (Fsp3) is 0.320. The maximum Gasteiger partial charge on any atom is 0.315 e. The summed E-state index contributed by atoms with van der Waals surface area (Å²) < 4.78 is 6.17. The van der Waals surface area contributed by atoms with Crippen molar-refractivity contribution < 1.29 is 23.9 Å². The number of urea groups is 2. The Hall–Kier alpha value is -7.26. The van der Waals surface area contributed by atoms with Crippen molar-refractivity contribution >= 4 is 23.9 Å². The molecule has 0 aliphatic carbocycles. The lowest BCUT2D eigenvalue weighted by Gasteiger charge is -2.28. The number of nitrogens with zero attached hydrogens (tertiary/aromatic N) is 4. The van der Waals surface area contributed by atoms with Gasteiger partial charge in [-0.2, -0.15) is 0 Å². The third-order valence-corrected chi connectivity index (χ3v) is 11.9. The second-order valence-electron chi connectivity index (χ2n) is 16.3. The van der Waals surface area contributed by atoms with Crippen LogP contribution in [0.15, 0.2) is 122 Å². The number of hydrogen-bond acceptors (Lipinski definition) is 7. The first-order chi connectivity index (χ1) is 31.8. The second-order valence-corrected chi connectivity index (χ2v) is 16.3. The second kappa shape index (κ2) is 20.9. The number of carbonyl (C=O) groups is 4. The van der Waals surface area contributed by atoms with E-state index in [2.05, 4.69) is 37.3 Å². The summed E-state index contributed by atoms with van der Waals surface area (Å²) in [7, 11) is 0. The van der Waals surface area contributed by atoms with Gasteiger partial charge in [-0.15, -0.1) is 0 Å². The van der Waals surface area contributed by atoms with Crippen molar-refractivity contribution in [3.8, 4) is 22.5 Å². The number of rotatable bonds is 16. The highest BCUT2D eigenvalue weighted by atomic mass is 16.5. The fourth-order valence-corrected chi connectivity index (χ4v) is 8.71. The van der Waals surface area contributed by atoms with E-state index in [0.717, 1.165) is 70.5 Å². The molecule has 4 heterocycles. The van der Waals surface area contributed by atoms with Gasteiger partial charge in [-0.1, -0.05) is 103 Å². The molecule has 4 atom stereocenters. The van der Waals surface area contributed by atoms with E-state index < -0.39 is 12.1 Å². The van der Waals surface area contributed by atoms with Crippen molar-refractivity contribution in [2.75, 3.05) is 26.2 Å². The van der Waals surface area contributed by atoms with Crippen molar-refractivity contribution in [2.45, 2.75) is 76.9 Å². The lowest BCUT2D eigenvalue weighted by molar-refractivity contribution is -0.135. The summed E-state index contributed by atoms with van der Waals surface area (Å²) in [6.07, 6.45) is 6.80. The monoisotopic (exact) mass is 876 g/mol. The predicted octanol–water partition coefficient (Wildman–Crippen LogP) is 7.63. The molecule has 65 heavy (non-hydrogen) atoms. The van der Waals surface area contributed by atoms with Gasteiger partial charge in [0.05, 0.1) is 49.1 Å². The molecule has 4 aromatic carbocycles. The van der Waals surface area contributed by atoms with Crippen LogP contribution in [0.2, 0.25) is 0 Å². The van der Waals surface area contributed by atoms with Gasteiger partial charge >= 0.3 is 12.1 Å². The Morgan fingerprint density at radius 1 is 0.615 bits per heavy atom. The van der Waals surface area contributed by atoms with Crippen LogP contribution in [0.3, 0.4) is 0 Å². The summed E-state index contributed by atoms with van der Waals surface area (Å²) in [6.45, 7) is 6.55. The number of imidazole rings is 2. The average Bonchev–Trinajstić information content (AvgIpc) is 4.19. The predicted molar refractivity (Wildman–Crippen MR) is 247 cm³/mol. The lowest BCUT2D eigenvalue weighted by Crippen LogP contribution is -2.46. The largest absolute Gasteiger partial charge is 0.372 e. The summed E-state index contributed by atoms with van der Waals surface area (Å²) in [5.74, 6) is 1.09. The van der Waals surface area contributed by atoms with Crippen LogP contribution in [0, 0.1) is 0 Å².